The van der Waals surface area contributed by atoms with Gasteiger partial charge in [0.2, 0.25) is 0 Å². The maximum Gasteiger partial charge on any atom is 0.0928 e. The van der Waals surface area contributed by atoms with Crippen molar-refractivity contribution in [2.75, 3.05) is 12.4 Å². The van der Waals surface area contributed by atoms with Crippen molar-refractivity contribution in [1.29, 1.82) is 0 Å². The normalized spacial score (nSPS) is 11.3. The summed E-state index contributed by atoms with van der Waals surface area (Å²) in [7, 11) is 1.89. The van der Waals surface area contributed by atoms with E-state index in [1.807, 2.05) is 13.1 Å². The Morgan fingerprint density at radius 2 is 1.95 bits per heavy atom. The Kier molecular flexibility index (Phi) is 4.59. The highest BCUT2D eigenvalue weighted by Gasteiger charge is 2.14. The predicted molar refractivity (Wildman–Crippen MR) is 87.6 cm³/mol. The molecule has 0 radical (unpaired) electrons. The van der Waals surface area contributed by atoms with Gasteiger partial charge in [-0.15, -0.1) is 0 Å². The molecular weight excluding hydrogens is 347 g/mol. The summed E-state index contributed by atoms with van der Waals surface area (Å²) >= 11 is 15.9. The van der Waals surface area contributed by atoms with Gasteiger partial charge in [-0.1, -0.05) is 37.0 Å². The maximum absolute atomic E-state index is 6.32. The van der Waals surface area contributed by atoms with Crippen molar-refractivity contribution in [2.45, 2.75) is 20.3 Å². The van der Waals surface area contributed by atoms with Crippen LogP contribution in [-0.2, 0) is 6.42 Å². The first-order valence-electron chi connectivity index (χ1n) is 6.09. The van der Waals surface area contributed by atoms with E-state index in [1.54, 1.807) is 0 Å². The van der Waals surface area contributed by atoms with Crippen LogP contribution in [0, 0.1) is 5.92 Å². The van der Waals surface area contributed by atoms with Crippen molar-refractivity contribution in [3.8, 4) is 0 Å². The molecule has 0 fully saturated rings. The highest BCUT2D eigenvalue weighted by molar-refractivity contribution is 9.10. The fourth-order valence-electron chi connectivity index (χ4n) is 2.05. The van der Waals surface area contributed by atoms with Gasteiger partial charge in [0.25, 0.3) is 0 Å². The van der Waals surface area contributed by atoms with Crippen LogP contribution in [0.4, 0.5) is 5.69 Å². The molecular formula is C14H15BrCl2N2. The lowest BCUT2D eigenvalue weighted by molar-refractivity contribution is 0.637. The fraction of sp³-hybridized carbons (Fsp3) is 0.357. The van der Waals surface area contributed by atoms with Gasteiger partial charge in [-0.05, 0) is 40.4 Å². The molecule has 1 heterocycles. The van der Waals surface area contributed by atoms with E-state index in [-0.39, 0.29) is 0 Å². The molecule has 2 rings (SSSR count). The molecule has 0 unspecified atom stereocenters. The highest BCUT2D eigenvalue weighted by atomic mass is 79.9. The first-order chi connectivity index (χ1) is 8.93. The van der Waals surface area contributed by atoms with Gasteiger partial charge in [0, 0.05) is 28.3 Å². The minimum absolute atomic E-state index is 0.494. The maximum atomic E-state index is 6.32. The minimum atomic E-state index is 0.494. The number of anilines is 1. The number of halogens is 3. The quantitative estimate of drug-likeness (QED) is 0.725. The molecule has 0 aliphatic carbocycles. The second-order valence-corrected chi connectivity index (χ2v) is 6.50. The lowest BCUT2D eigenvalue weighted by Gasteiger charge is -2.13. The summed E-state index contributed by atoms with van der Waals surface area (Å²) in [6.45, 7) is 4.34. The van der Waals surface area contributed by atoms with Crippen LogP contribution in [0.1, 0.15) is 19.5 Å². The van der Waals surface area contributed by atoms with Gasteiger partial charge in [0.05, 0.1) is 15.6 Å². The van der Waals surface area contributed by atoms with Gasteiger partial charge in [-0.25, -0.2) is 0 Å². The van der Waals surface area contributed by atoms with Gasteiger partial charge in [-0.2, -0.15) is 0 Å². The van der Waals surface area contributed by atoms with E-state index in [9.17, 15) is 0 Å². The number of fused-ring (bicyclic) bond motifs is 1. The number of nitrogens with one attached hydrogen (secondary N) is 1. The predicted octanol–water partition coefficient (Wildman–Crippen LogP) is 5.54. The first-order valence-corrected chi connectivity index (χ1v) is 7.63. The van der Waals surface area contributed by atoms with Crippen LogP contribution in [0.15, 0.2) is 16.6 Å². The third-order valence-corrected chi connectivity index (χ3v) is 4.59. The Morgan fingerprint density at radius 1 is 1.26 bits per heavy atom. The van der Waals surface area contributed by atoms with Crippen LogP contribution in [0.3, 0.4) is 0 Å². The van der Waals surface area contributed by atoms with E-state index in [0.717, 1.165) is 33.2 Å². The van der Waals surface area contributed by atoms with Gasteiger partial charge >= 0.3 is 0 Å². The second kappa shape index (κ2) is 5.86. The Hall–Kier alpha value is -0.510. The van der Waals surface area contributed by atoms with Gasteiger partial charge in [-0.3, -0.25) is 4.98 Å². The molecule has 1 aromatic heterocycles. The largest absolute Gasteiger partial charge is 0.388 e. The minimum Gasteiger partial charge on any atom is -0.388 e. The van der Waals surface area contributed by atoms with Crippen molar-refractivity contribution in [3.63, 3.8) is 0 Å². The second-order valence-electron chi connectivity index (χ2n) is 4.89. The molecule has 102 valence electrons. The van der Waals surface area contributed by atoms with E-state index < -0.39 is 0 Å². The van der Waals surface area contributed by atoms with Crippen LogP contribution >= 0.6 is 39.1 Å². The number of benzene rings is 1. The molecule has 0 bridgehead atoms. The lowest BCUT2D eigenvalue weighted by Crippen LogP contribution is -2.01. The van der Waals surface area contributed by atoms with Crippen molar-refractivity contribution in [3.05, 3.63) is 32.3 Å². The monoisotopic (exact) mass is 360 g/mol. The van der Waals surface area contributed by atoms with E-state index >= 15 is 0 Å². The van der Waals surface area contributed by atoms with Gasteiger partial charge in [0.1, 0.15) is 0 Å². The number of hydrogen-bond donors (Lipinski definition) is 1. The average molecular weight is 362 g/mol. The fourth-order valence-corrected chi connectivity index (χ4v) is 2.98. The Morgan fingerprint density at radius 3 is 2.53 bits per heavy atom. The van der Waals surface area contributed by atoms with Crippen molar-refractivity contribution in [2.24, 2.45) is 5.92 Å². The molecule has 1 aromatic carbocycles. The summed E-state index contributed by atoms with van der Waals surface area (Å²) in [5.41, 5.74) is 2.78. The molecule has 19 heavy (non-hydrogen) atoms. The molecule has 0 spiro atoms. The van der Waals surface area contributed by atoms with Gasteiger partial charge < -0.3 is 5.32 Å². The third-order valence-electron chi connectivity index (χ3n) is 2.88. The molecule has 5 heteroatoms. The number of hydrogen-bond acceptors (Lipinski definition) is 2. The summed E-state index contributed by atoms with van der Waals surface area (Å²) in [4.78, 5) is 4.65. The Labute approximate surface area is 131 Å². The van der Waals surface area contributed by atoms with Crippen LogP contribution in [0.2, 0.25) is 10.0 Å². The van der Waals surface area contributed by atoms with Gasteiger partial charge in [0.15, 0.2) is 0 Å². The number of pyridine rings is 1. The molecule has 2 nitrogen and oxygen atoms in total. The van der Waals surface area contributed by atoms with Crippen LogP contribution < -0.4 is 5.32 Å². The molecule has 0 aliphatic rings. The zero-order valence-electron chi connectivity index (χ0n) is 11.0. The molecule has 2 aromatic rings. The third kappa shape index (κ3) is 2.99. The first kappa shape index (κ1) is 14.9. The van der Waals surface area contributed by atoms with Crippen LogP contribution in [-0.4, -0.2) is 12.0 Å². The van der Waals surface area contributed by atoms with E-state index in [1.165, 1.54) is 0 Å². The average Bonchev–Trinajstić information content (AvgIpc) is 2.35. The molecule has 1 N–H and O–H groups in total. The molecule has 0 atom stereocenters. The topological polar surface area (TPSA) is 24.9 Å². The molecule has 0 saturated carbocycles. The SMILES string of the molecule is CNc1cc(CC(C)C)nc2c(Cl)c(Cl)c(Br)cc12. The molecule has 0 aliphatic heterocycles. The van der Waals surface area contributed by atoms with E-state index in [2.05, 4.69) is 46.1 Å². The smallest absolute Gasteiger partial charge is 0.0928 e. The summed E-state index contributed by atoms with van der Waals surface area (Å²) in [6, 6.07) is 4.01. The summed E-state index contributed by atoms with van der Waals surface area (Å²) in [6.07, 6.45) is 0.911. The lowest BCUT2D eigenvalue weighted by atomic mass is 10.1. The Bertz CT molecular complexity index is 627. The van der Waals surface area contributed by atoms with Crippen molar-refractivity contribution in [1.82, 2.24) is 4.98 Å². The summed E-state index contributed by atoms with van der Waals surface area (Å²) < 4.78 is 0.779. The Balaban J connectivity index is 2.74. The number of aromatic nitrogens is 1. The molecule has 0 saturated heterocycles. The van der Waals surface area contributed by atoms with E-state index in [0.29, 0.717) is 16.0 Å². The number of rotatable bonds is 3. The zero-order valence-corrected chi connectivity index (χ0v) is 14.1. The van der Waals surface area contributed by atoms with Crippen molar-refractivity contribution < 1.29 is 0 Å². The highest BCUT2D eigenvalue weighted by Crippen LogP contribution is 2.39. The standard InChI is InChI=1S/C14H15BrCl2N2/c1-7(2)4-8-5-11(18-3)9-6-10(15)12(16)13(17)14(9)19-8/h5-7H,4H2,1-3H3,(H,18,19). The molecule has 0 amide bonds. The van der Waals surface area contributed by atoms with Crippen molar-refractivity contribution >= 4 is 55.7 Å². The van der Waals surface area contributed by atoms with Crippen LogP contribution in [0.25, 0.3) is 10.9 Å². The zero-order chi connectivity index (χ0) is 14.2. The summed E-state index contributed by atoms with van der Waals surface area (Å²) in [5, 5.41) is 5.16. The van der Waals surface area contributed by atoms with E-state index in [4.69, 9.17) is 23.2 Å². The summed E-state index contributed by atoms with van der Waals surface area (Å²) in [5.74, 6) is 0.541. The van der Waals surface area contributed by atoms with Crippen LogP contribution in [0.5, 0.6) is 0 Å². The number of nitrogens with zero attached hydrogens (tertiary/aromatic N) is 1.